The Bertz CT molecular complexity index is 377. The number of benzene rings is 1. The Morgan fingerprint density at radius 2 is 1.84 bits per heavy atom. The molecule has 19 heavy (non-hydrogen) atoms. The van der Waals surface area contributed by atoms with E-state index >= 15 is 0 Å². The molecule has 0 fully saturated rings. The van der Waals surface area contributed by atoms with E-state index in [0.29, 0.717) is 6.04 Å². The summed E-state index contributed by atoms with van der Waals surface area (Å²) in [6.45, 7) is 7.70. The van der Waals surface area contributed by atoms with Gasteiger partial charge in [-0.2, -0.15) is 0 Å². The number of nitrogens with one attached hydrogen (secondary N) is 1. The molecule has 1 N–H and O–H groups in total. The van der Waals surface area contributed by atoms with E-state index in [9.17, 15) is 0 Å². The van der Waals surface area contributed by atoms with Gasteiger partial charge in [0.1, 0.15) is 11.5 Å². The summed E-state index contributed by atoms with van der Waals surface area (Å²) in [5.74, 6) is 2.54. The van der Waals surface area contributed by atoms with E-state index in [0.717, 1.165) is 30.4 Å². The van der Waals surface area contributed by atoms with Crippen LogP contribution in [0.15, 0.2) is 18.2 Å². The van der Waals surface area contributed by atoms with Crippen molar-refractivity contribution >= 4 is 0 Å². The molecule has 0 heterocycles. The second-order valence-corrected chi connectivity index (χ2v) is 5.41. The Hall–Kier alpha value is -1.22. The van der Waals surface area contributed by atoms with E-state index in [-0.39, 0.29) is 0 Å². The molecular formula is C16H27NO2. The quantitative estimate of drug-likeness (QED) is 0.782. The minimum Gasteiger partial charge on any atom is -0.497 e. The van der Waals surface area contributed by atoms with Gasteiger partial charge in [0.2, 0.25) is 0 Å². The summed E-state index contributed by atoms with van der Waals surface area (Å²) in [6.07, 6.45) is 2.15. The largest absolute Gasteiger partial charge is 0.497 e. The van der Waals surface area contributed by atoms with E-state index in [2.05, 4.69) is 26.1 Å². The molecule has 0 spiro atoms. The summed E-state index contributed by atoms with van der Waals surface area (Å²) in [4.78, 5) is 0. The average Bonchev–Trinajstić information content (AvgIpc) is 2.37. The molecule has 0 aliphatic rings. The fourth-order valence-electron chi connectivity index (χ4n) is 2.32. The van der Waals surface area contributed by atoms with Crippen molar-refractivity contribution in [1.29, 1.82) is 0 Å². The van der Waals surface area contributed by atoms with Crippen LogP contribution in [-0.4, -0.2) is 26.8 Å². The van der Waals surface area contributed by atoms with Crippen LogP contribution in [0.25, 0.3) is 0 Å². The van der Waals surface area contributed by atoms with Gasteiger partial charge in [-0.1, -0.05) is 13.8 Å². The smallest absolute Gasteiger partial charge is 0.122 e. The fraction of sp³-hybridized carbons (Fsp3) is 0.625. The summed E-state index contributed by atoms with van der Waals surface area (Å²) in [5.41, 5.74) is 1.19. The molecule has 1 unspecified atom stereocenters. The third-order valence-electron chi connectivity index (χ3n) is 3.20. The highest BCUT2D eigenvalue weighted by atomic mass is 16.5. The second kappa shape index (κ2) is 8.05. The lowest BCUT2D eigenvalue weighted by atomic mass is 10.0. The molecule has 0 radical (unpaired) electrons. The van der Waals surface area contributed by atoms with Crippen molar-refractivity contribution in [2.45, 2.75) is 39.7 Å². The Morgan fingerprint density at radius 1 is 1.11 bits per heavy atom. The first kappa shape index (κ1) is 15.8. The van der Waals surface area contributed by atoms with Gasteiger partial charge in [0, 0.05) is 6.04 Å². The third kappa shape index (κ3) is 5.52. The summed E-state index contributed by atoms with van der Waals surface area (Å²) in [7, 11) is 3.40. The highest BCUT2D eigenvalue weighted by Gasteiger charge is 2.07. The molecule has 1 atom stereocenters. The normalized spacial score (nSPS) is 12.5. The lowest BCUT2D eigenvalue weighted by molar-refractivity contribution is 0.396. The van der Waals surface area contributed by atoms with Gasteiger partial charge in [0.05, 0.1) is 14.2 Å². The van der Waals surface area contributed by atoms with Crippen LogP contribution >= 0.6 is 0 Å². The minimum absolute atomic E-state index is 0.552. The monoisotopic (exact) mass is 265 g/mol. The maximum Gasteiger partial charge on any atom is 0.122 e. The van der Waals surface area contributed by atoms with E-state index < -0.39 is 0 Å². The predicted octanol–water partition coefficient (Wildman–Crippen LogP) is 3.27. The van der Waals surface area contributed by atoms with Gasteiger partial charge in [0.15, 0.2) is 0 Å². The molecule has 0 bridgehead atoms. The van der Waals surface area contributed by atoms with Crippen molar-refractivity contribution in [2.24, 2.45) is 5.92 Å². The van der Waals surface area contributed by atoms with Gasteiger partial charge < -0.3 is 14.8 Å². The zero-order valence-electron chi connectivity index (χ0n) is 12.8. The van der Waals surface area contributed by atoms with Crippen LogP contribution < -0.4 is 14.8 Å². The zero-order valence-corrected chi connectivity index (χ0v) is 12.8. The summed E-state index contributed by atoms with van der Waals surface area (Å²) >= 11 is 0. The Labute approximate surface area is 117 Å². The summed E-state index contributed by atoms with van der Waals surface area (Å²) in [6, 6.07) is 6.49. The standard InChI is InChI=1S/C16H27NO2/c1-12(2)10-13(3)17-9-8-14-11-15(18-4)6-7-16(14)19-5/h6-7,11-13,17H,8-10H2,1-5H3. The summed E-state index contributed by atoms with van der Waals surface area (Å²) in [5, 5.41) is 3.55. The minimum atomic E-state index is 0.552. The zero-order chi connectivity index (χ0) is 14.3. The molecule has 0 aliphatic heterocycles. The van der Waals surface area contributed by atoms with Crippen LogP contribution in [0.5, 0.6) is 11.5 Å². The number of ether oxygens (including phenoxy) is 2. The van der Waals surface area contributed by atoms with Crippen molar-refractivity contribution in [2.75, 3.05) is 20.8 Å². The van der Waals surface area contributed by atoms with Gasteiger partial charge in [-0.25, -0.2) is 0 Å². The van der Waals surface area contributed by atoms with Crippen molar-refractivity contribution in [3.63, 3.8) is 0 Å². The first-order valence-corrected chi connectivity index (χ1v) is 7.01. The van der Waals surface area contributed by atoms with E-state index in [1.807, 2.05) is 18.2 Å². The first-order chi connectivity index (χ1) is 9.06. The summed E-state index contributed by atoms with van der Waals surface area (Å²) < 4.78 is 10.6. The van der Waals surface area contributed by atoms with Crippen LogP contribution in [0, 0.1) is 5.92 Å². The molecule has 3 nitrogen and oxygen atoms in total. The van der Waals surface area contributed by atoms with Gasteiger partial charge in [0.25, 0.3) is 0 Å². The van der Waals surface area contributed by atoms with Crippen molar-refractivity contribution in [1.82, 2.24) is 5.32 Å². The topological polar surface area (TPSA) is 30.5 Å². The van der Waals surface area contributed by atoms with E-state index in [1.165, 1.54) is 12.0 Å². The van der Waals surface area contributed by atoms with Gasteiger partial charge in [-0.3, -0.25) is 0 Å². The van der Waals surface area contributed by atoms with Gasteiger partial charge in [-0.05, 0) is 56.0 Å². The molecule has 0 saturated carbocycles. The van der Waals surface area contributed by atoms with Crippen LogP contribution in [0.4, 0.5) is 0 Å². The number of hydrogen-bond acceptors (Lipinski definition) is 3. The highest BCUT2D eigenvalue weighted by molar-refractivity contribution is 5.40. The Kier molecular flexibility index (Phi) is 6.71. The van der Waals surface area contributed by atoms with Gasteiger partial charge >= 0.3 is 0 Å². The molecule has 0 aliphatic carbocycles. The molecule has 1 aromatic rings. The molecule has 0 saturated heterocycles. The second-order valence-electron chi connectivity index (χ2n) is 5.41. The Balaban J connectivity index is 2.51. The average molecular weight is 265 g/mol. The molecule has 3 heteroatoms. The van der Waals surface area contributed by atoms with Crippen molar-refractivity contribution in [3.05, 3.63) is 23.8 Å². The molecular weight excluding hydrogens is 238 g/mol. The van der Waals surface area contributed by atoms with Gasteiger partial charge in [-0.15, -0.1) is 0 Å². The maximum absolute atomic E-state index is 5.38. The number of rotatable bonds is 8. The molecule has 1 aromatic carbocycles. The van der Waals surface area contributed by atoms with Crippen molar-refractivity contribution in [3.8, 4) is 11.5 Å². The van der Waals surface area contributed by atoms with E-state index in [4.69, 9.17) is 9.47 Å². The number of methoxy groups -OCH3 is 2. The maximum atomic E-state index is 5.38. The third-order valence-corrected chi connectivity index (χ3v) is 3.20. The highest BCUT2D eigenvalue weighted by Crippen LogP contribution is 2.24. The molecule has 1 rings (SSSR count). The predicted molar refractivity (Wildman–Crippen MR) is 80.2 cm³/mol. The van der Waals surface area contributed by atoms with Crippen LogP contribution in [0.1, 0.15) is 32.8 Å². The van der Waals surface area contributed by atoms with Crippen LogP contribution in [-0.2, 0) is 6.42 Å². The molecule has 108 valence electrons. The number of hydrogen-bond donors (Lipinski definition) is 1. The van der Waals surface area contributed by atoms with Crippen molar-refractivity contribution < 1.29 is 9.47 Å². The fourth-order valence-corrected chi connectivity index (χ4v) is 2.32. The lowest BCUT2D eigenvalue weighted by Crippen LogP contribution is -2.29. The Morgan fingerprint density at radius 3 is 2.42 bits per heavy atom. The van der Waals surface area contributed by atoms with E-state index in [1.54, 1.807) is 14.2 Å². The van der Waals surface area contributed by atoms with Crippen LogP contribution in [0.2, 0.25) is 0 Å². The SMILES string of the molecule is COc1ccc(OC)c(CCNC(C)CC(C)C)c1. The molecule has 0 aromatic heterocycles. The first-order valence-electron chi connectivity index (χ1n) is 7.01. The lowest BCUT2D eigenvalue weighted by Gasteiger charge is -2.16. The molecule has 0 amide bonds. The van der Waals surface area contributed by atoms with Crippen LogP contribution in [0.3, 0.4) is 0 Å².